The molecule has 0 aliphatic carbocycles. The van der Waals surface area contributed by atoms with E-state index in [2.05, 4.69) is 36.1 Å². The van der Waals surface area contributed by atoms with Crippen LogP contribution in [0.2, 0.25) is 0 Å². The Morgan fingerprint density at radius 1 is 1.27 bits per heavy atom. The summed E-state index contributed by atoms with van der Waals surface area (Å²) in [5, 5.41) is 3.42. The number of rotatable bonds is 5. The molecule has 0 saturated heterocycles. The summed E-state index contributed by atoms with van der Waals surface area (Å²) in [5.74, 6) is 1.56. The highest BCUT2D eigenvalue weighted by Crippen LogP contribution is 2.17. The first kappa shape index (κ1) is 12.1. The molecule has 84 valence electrons. The zero-order chi connectivity index (χ0) is 11.3. The summed E-state index contributed by atoms with van der Waals surface area (Å²) in [6.45, 7) is 9.52. The van der Waals surface area contributed by atoms with Gasteiger partial charge in [-0.1, -0.05) is 20.8 Å². The van der Waals surface area contributed by atoms with Crippen LogP contribution >= 0.6 is 0 Å². The SMILES string of the molecule is CCNC(CC(C)C)c1ncc(C)cn1. The number of hydrogen-bond donors (Lipinski definition) is 1. The van der Waals surface area contributed by atoms with Crippen molar-refractivity contribution in [2.45, 2.75) is 40.2 Å². The summed E-state index contributed by atoms with van der Waals surface area (Å²) < 4.78 is 0. The van der Waals surface area contributed by atoms with Gasteiger partial charge in [0.25, 0.3) is 0 Å². The van der Waals surface area contributed by atoms with Gasteiger partial charge in [0.2, 0.25) is 0 Å². The highest BCUT2D eigenvalue weighted by Gasteiger charge is 2.14. The molecule has 1 atom stereocenters. The zero-order valence-corrected chi connectivity index (χ0v) is 10.1. The van der Waals surface area contributed by atoms with Gasteiger partial charge < -0.3 is 5.32 Å². The Labute approximate surface area is 92.3 Å². The van der Waals surface area contributed by atoms with E-state index in [1.54, 1.807) is 0 Å². The largest absolute Gasteiger partial charge is 0.308 e. The smallest absolute Gasteiger partial charge is 0.145 e. The third-order valence-corrected chi connectivity index (χ3v) is 2.27. The molecular weight excluding hydrogens is 186 g/mol. The molecule has 3 nitrogen and oxygen atoms in total. The molecule has 1 heterocycles. The fraction of sp³-hybridized carbons (Fsp3) is 0.667. The second-order valence-corrected chi connectivity index (χ2v) is 4.36. The molecule has 1 aromatic heterocycles. The number of aromatic nitrogens is 2. The Hall–Kier alpha value is -0.960. The minimum atomic E-state index is 0.288. The Bertz CT molecular complexity index is 279. The highest BCUT2D eigenvalue weighted by atomic mass is 15.0. The van der Waals surface area contributed by atoms with Crippen molar-refractivity contribution in [3.63, 3.8) is 0 Å². The number of nitrogens with zero attached hydrogens (tertiary/aromatic N) is 2. The Morgan fingerprint density at radius 2 is 1.87 bits per heavy atom. The van der Waals surface area contributed by atoms with Gasteiger partial charge in [-0.2, -0.15) is 0 Å². The normalized spacial score (nSPS) is 13.1. The highest BCUT2D eigenvalue weighted by molar-refractivity contribution is 5.04. The quantitative estimate of drug-likeness (QED) is 0.806. The predicted molar refractivity (Wildman–Crippen MR) is 62.6 cm³/mol. The number of hydrogen-bond acceptors (Lipinski definition) is 3. The molecule has 1 rings (SSSR count). The standard InChI is InChI=1S/C12H21N3/c1-5-13-11(6-9(2)3)12-14-7-10(4)8-15-12/h7-9,11,13H,5-6H2,1-4H3. The van der Waals surface area contributed by atoms with E-state index in [1.165, 1.54) is 0 Å². The maximum Gasteiger partial charge on any atom is 0.145 e. The van der Waals surface area contributed by atoms with E-state index in [4.69, 9.17) is 0 Å². The molecule has 15 heavy (non-hydrogen) atoms. The molecule has 0 saturated carbocycles. The van der Waals surface area contributed by atoms with Crippen molar-refractivity contribution in [2.75, 3.05) is 6.54 Å². The molecule has 0 aromatic carbocycles. The van der Waals surface area contributed by atoms with E-state index >= 15 is 0 Å². The lowest BCUT2D eigenvalue weighted by atomic mass is 10.0. The fourth-order valence-electron chi connectivity index (χ4n) is 1.58. The van der Waals surface area contributed by atoms with Crippen LogP contribution in [0, 0.1) is 12.8 Å². The number of nitrogens with one attached hydrogen (secondary N) is 1. The fourth-order valence-corrected chi connectivity index (χ4v) is 1.58. The van der Waals surface area contributed by atoms with Gasteiger partial charge in [-0.3, -0.25) is 0 Å². The molecule has 0 aliphatic rings. The summed E-state index contributed by atoms with van der Waals surface area (Å²) in [4.78, 5) is 8.75. The topological polar surface area (TPSA) is 37.8 Å². The third kappa shape index (κ3) is 3.96. The van der Waals surface area contributed by atoms with Gasteiger partial charge in [-0.25, -0.2) is 9.97 Å². The number of aryl methyl sites for hydroxylation is 1. The average Bonchev–Trinajstić information content (AvgIpc) is 2.17. The van der Waals surface area contributed by atoms with Crippen LogP contribution in [0.5, 0.6) is 0 Å². The molecule has 0 aliphatic heterocycles. The molecule has 1 aromatic rings. The second kappa shape index (κ2) is 5.81. The third-order valence-electron chi connectivity index (χ3n) is 2.27. The van der Waals surface area contributed by atoms with Gasteiger partial charge in [0, 0.05) is 12.4 Å². The van der Waals surface area contributed by atoms with Crippen LogP contribution < -0.4 is 5.32 Å². The van der Waals surface area contributed by atoms with Gasteiger partial charge in [-0.05, 0) is 31.4 Å². The molecule has 1 unspecified atom stereocenters. The van der Waals surface area contributed by atoms with Crippen molar-refractivity contribution in [3.8, 4) is 0 Å². The van der Waals surface area contributed by atoms with Crippen LogP contribution in [0.25, 0.3) is 0 Å². The summed E-state index contributed by atoms with van der Waals surface area (Å²) in [5.41, 5.74) is 1.11. The van der Waals surface area contributed by atoms with Crippen molar-refractivity contribution >= 4 is 0 Å². The van der Waals surface area contributed by atoms with E-state index in [9.17, 15) is 0 Å². The molecule has 3 heteroatoms. The maximum atomic E-state index is 4.38. The van der Waals surface area contributed by atoms with Crippen molar-refractivity contribution in [1.29, 1.82) is 0 Å². The monoisotopic (exact) mass is 207 g/mol. The van der Waals surface area contributed by atoms with E-state index in [0.29, 0.717) is 5.92 Å². The maximum absolute atomic E-state index is 4.38. The van der Waals surface area contributed by atoms with E-state index in [1.807, 2.05) is 19.3 Å². The minimum absolute atomic E-state index is 0.288. The lowest BCUT2D eigenvalue weighted by Gasteiger charge is -2.18. The first-order chi connectivity index (χ1) is 7.13. The van der Waals surface area contributed by atoms with Crippen molar-refractivity contribution in [1.82, 2.24) is 15.3 Å². The van der Waals surface area contributed by atoms with Crippen LogP contribution in [0.1, 0.15) is 44.6 Å². The second-order valence-electron chi connectivity index (χ2n) is 4.36. The van der Waals surface area contributed by atoms with E-state index in [0.717, 1.165) is 24.4 Å². The molecular formula is C12H21N3. The summed E-state index contributed by atoms with van der Waals surface area (Å²) in [7, 11) is 0. The first-order valence-corrected chi connectivity index (χ1v) is 5.65. The van der Waals surface area contributed by atoms with Gasteiger partial charge in [0.05, 0.1) is 6.04 Å². The summed E-state index contributed by atoms with van der Waals surface area (Å²) in [6.07, 6.45) is 4.84. The molecule has 1 N–H and O–H groups in total. The molecule has 0 bridgehead atoms. The minimum Gasteiger partial charge on any atom is -0.308 e. The van der Waals surface area contributed by atoms with Crippen molar-refractivity contribution in [2.24, 2.45) is 5.92 Å². The molecule has 0 radical (unpaired) electrons. The van der Waals surface area contributed by atoms with Gasteiger partial charge in [0.15, 0.2) is 0 Å². The Kier molecular flexibility index (Phi) is 4.69. The van der Waals surface area contributed by atoms with Crippen LogP contribution in [0.4, 0.5) is 0 Å². The molecule has 0 fully saturated rings. The van der Waals surface area contributed by atoms with Gasteiger partial charge in [0.1, 0.15) is 5.82 Å². The van der Waals surface area contributed by atoms with Crippen molar-refractivity contribution in [3.05, 3.63) is 23.8 Å². The lowest BCUT2D eigenvalue weighted by Crippen LogP contribution is -2.24. The molecule has 0 spiro atoms. The van der Waals surface area contributed by atoms with Crippen LogP contribution in [0.3, 0.4) is 0 Å². The van der Waals surface area contributed by atoms with Crippen LogP contribution in [0.15, 0.2) is 12.4 Å². The van der Waals surface area contributed by atoms with E-state index in [-0.39, 0.29) is 6.04 Å². The van der Waals surface area contributed by atoms with Crippen LogP contribution in [-0.4, -0.2) is 16.5 Å². The summed E-state index contributed by atoms with van der Waals surface area (Å²) >= 11 is 0. The van der Waals surface area contributed by atoms with Gasteiger partial charge >= 0.3 is 0 Å². The van der Waals surface area contributed by atoms with Crippen LogP contribution in [-0.2, 0) is 0 Å². The molecule has 0 amide bonds. The Balaban J connectivity index is 2.74. The van der Waals surface area contributed by atoms with Gasteiger partial charge in [-0.15, -0.1) is 0 Å². The Morgan fingerprint density at radius 3 is 2.33 bits per heavy atom. The lowest BCUT2D eigenvalue weighted by molar-refractivity contribution is 0.422. The summed E-state index contributed by atoms with van der Waals surface area (Å²) in [6, 6.07) is 0.288. The van der Waals surface area contributed by atoms with E-state index < -0.39 is 0 Å². The average molecular weight is 207 g/mol. The van der Waals surface area contributed by atoms with Crippen molar-refractivity contribution < 1.29 is 0 Å². The first-order valence-electron chi connectivity index (χ1n) is 5.65. The zero-order valence-electron chi connectivity index (χ0n) is 10.1. The predicted octanol–water partition coefficient (Wildman–Crippen LogP) is 2.48.